The van der Waals surface area contributed by atoms with E-state index >= 15 is 0 Å². The Labute approximate surface area is 178 Å². The molecule has 3 aromatic rings. The zero-order chi connectivity index (χ0) is 20.9. The quantitative estimate of drug-likeness (QED) is 0.585. The largest absolute Gasteiger partial charge is 0.328 e. The minimum Gasteiger partial charge on any atom is -0.328 e. The standard InChI is InChI=1S/C25H30N4O/c1-3-29-24(16-19(2)27-29)25(30)28(18-22-13-7-8-15-26-22)23-14-9-12-21(17-23)20-10-5-4-6-11-20/h4-8,10-11,13,15-16,21,23H,3,9,12,14,17-18H2,1-2H3. The lowest BCUT2D eigenvalue weighted by molar-refractivity contribution is 0.0585. The SMILES string of the molecule is CCn1nc(C)cc1C(=O)N(Cc1ccccn1)C1CCCC(c2ccccc2)C1. The van der Waals surface area contributed by atoms with Crippen molar-refractivity contribution in [3.63, 3.8) is 0 Å². The lowest BCUT2D eigenvalue weighted by Crippen LogP contribution is -2.43. The first-order chi connectivity index (χ1) is 14.7. The van der Waals surface area contributed by atoms with Crippen LogP contribution in [0.15, 0.2) is 60.8 Å². The molecule has 0 spiro atoms. The number of hydrogen-bond donors (Lipinski definition) is 0. The van der Waals surface area contributed by atoms with E-state index in [0.717, 1.165) is 30.7 Å². The average Bonchev–Trinajstić information content (AvgIpc) is 3.19. The minimum atomic E-state index is 0.0572. The molecule has 5 nitrogen and oxygen atoms in total. The van der Waals surface area contributed by atoms with Gasteiger partial charge in [-0.25, -0.2) is 0 Å². The molecule has 1 amide bonds. The summed E-state index contributed by atoms with van der Waals surface area (Å²) in [5.41, 5.74) is 3.85. The average molecular weight is 403 g/mol. The third kappa shape index (κ3) is 4.45. The molecule has 2 atom stereocenters. The van der Waals surface area contributed by atoms with Crippen molar-refractivity contribution < 1.29 is 4.79 Å². The highest BCUT2D eigenvalue weighted by molar-refractivity contribution is 5.93. The summed E-state index contributed by atoms with van der Waals surface area (Å²) < 4.78 is 1.82. The number of rotatable bonds is 6. The molecule has 0 saturated heterocycles. The van der Waals surface area contributed by atoms with Crippen LogP contribution in [-0.4, -0.2) is 31.6 Å². The van der Waals surface area contributed by atoms with Crippen molar-refractivity contribution in [2.45, 2.75) is 64.6 Å². The van der Waals surface area contributed by atoms with Gasteiger partial charge in [0, 0.05) is 18.8 Å². The summed E-state index contributed by atoms with van der Waals surface area (Å²) in [6.45, 7) is 5.18. The number of amides is 1. The van der Waals surface area contributed by atoms with Crippen molar-refractivity contribution in [2.75, 3.05) is 0 Å². The highest BCUT2D eigenvalue weighted by Crippen LogP contribution is 2.36. The topological polar surface area (TPSA) is 51.0 Å². The summed E-state index contributed by atoms with van der Waals surface area (Å²) in [6, 6.07) is 18.7. The molecule has 30 heavy (non-hydrogen) atoms. The maximum atomic E-state index is 13.7. The predicted molar refractivity (Wildman–Crippen MR) is 118 cm³/mol. The van der Waals surface area contributed by atoms with Gasteiger partial charge < -0.3 is 4.90 Å². The van der Waals surface area contributed by atoms with Crippen LogP contribution in [0.5, 0.6) is 0 Å². The van der Waals surface area contributed by atoms with Crippen LogP contribution < -0.4 is 0 Å². The van der Waals surface area contributed by atoms with Crippen LogP contribution in [0.2, 0.25) is 0 Å². The number of benzene rings is 1. The van der Waals surface area contributed by atoms with Gasteiger partial charge in [-0.3, -0.25) is 14.5 Å². The summed E-state index contributed by atoms with van der Waals surface area (Å²) in [7, 11) is 0. The molecule has 0 bridgehead atoms. The van der Waals surface area contributed by atoms with Gasteiger partial charge in [-0.05, 0) is 62.8 Å². The van der Waals surface area contributed by atoms with Crippen LogP contribution >= 0.6 is 0 Å². The van der Waals surface area contributed by atoms with Gasteiger partial charge in [0.2, 0.25) is 0 Å². The van der Waals surface area contributed by atoms with E-state index < -0.39 is 0 Å². The molecule has 0 radical (unpaired) electrons. The van der Waals surface area contributed by atoms with E-state index in [1.165, 1.54) is 12.0 Å². The van der Waals surface area contributed by atoms with Gasteiger partial charge >= 0.3 is 0 Å². The fourth-order valence-electron chi connectivity index (χ4n) is 4.61. The maximum Gasteiger partial charge on any atom is 0.272 e. The van der Waals surface area contributed by atoms with Crippen LogP contribution in [0.1, 0.15) is 66.0 Å². The molecule has 2 aromatic heterocycles. The van der Waals surface area contributed by atoms with Crippen LogP contribution in [0.25, 0.3) is 0 Å². The second-order valence-corrected chi connectivity index (χ2v) is 8.17. The van der Waals surface area contributed by atoms with E-state index in [-0.39, 0.29) is 11.9 Å². The Kier molecular flexibility index (Phi) is 6.26. The van der Waals surface area contributed by atoms with Crippen molar-refractivity contribution in [1.29, 1.82) is 0 Å². The molecule has 1 aromatic carbocycles. The number of hydrogen-bond acceptors (Lipinski definition) is 3. The van der Waals surface area contributed by atoms with Gasteiger partial charge in [0.05, 0.1) is 17.9 Å². The number of nitrogens with zero attached hydrogens (tertiary/aromatic N) is 4. The van der Waals surface area contributed by atoms with Crippen LogP contribution in [0.3, 0.4) is 0 Å². The van der Waals surface area contributed by atoms with E-state index in [1.54, 1.807) is 6.20 Å². The molecule has 0 aliphatic heterocycles. The first-order valence-electron chi connectivity index (χ1n) is 11.0. The number of carbonyl (C=O) groups is 1. The third-order valence-electron chi connectivity index (χ3n) is 6.10. The van der Waals surface area contributed by atoms with E-state index in [0.29, 0.717) is 24.7 Å². The molecule has 156 valence electrons. The minimum absolute atomic E-state index is 0.0572. The van der Waals surface area contributed by atoms with E-state index in [2.05, 4.69) is 40.4 Å². The van der Waals surface area contributed by atoms with Gasteiger partial charge in [0.1, 0.15) is 5.69 Å². The monoisotopic (exact) mass is 402 g/mol. The number of aryl methyl sites for hydroxylation is 2. The predicted octanol–water partition coefficient (Wildman–Crippen LogP) is 4.98. The van der Waals surface area contributed by atoms with Gasteiger partial charge in [-0.2, -0.15) is 5.10 Å². The van der Waals surface area contributed by atoms with Gasteiger partial charge in [-0.1, -0.05) is 42.8 Å². The number of pyridine rings is 1. The van der Waals surface area contributed by atoms with E-state index in [1.807, 2.05) is 47.7 Å². The second kappa shape index (κ2) is 9.24. The molecule has 2 unspecified atom stereocenters. The van der Waals surface area contributed by atoms with E-state index in [9.17, 15) is 4.79 Å². The Morgan fingerprint density at radius 1 is 1.13 bits per heavy atom. The Balaban J connectivity index is 1.63. The fraction of sp³-hybridized carbons (Fsp3) is 0.400. The molecule has 1 saturated carbocycles. The normalized spacial score (nSPS) is 18.9. The summed E-state index contributed by atoms with van der Waals surface area (Å²) >= 11 is 0. The molecular formula is C25H30N4O. The molecule has 5 heteroatoms. The van der Waals surface area contributed by atoms with Gasteiger partial charge in [-0.15, -0.1) is 0 Å². The molecule has 1 aliphatic carbocycles. The van der Waals surface area contributed by atoms with Crippen molar-refractivity contribution in [2.24, 2.45) is 0 Å². The summed E-state index contributed by atoms with van der Waals surface area (Å²) in [4.78, 5) is 20.3. The summed E-state index contributed by atoms with van der Waals surface area (Å²) in [5, 5.41) is 4.50. The molecule has 2 heterocycles. The Morgan fingerprint density at radius 3 is 2.67 bits per heavy atom. The van der Waals surface area contributed by atoms with Gasteiger partial charge in [0.15, 0.2) is 0 Å². The lowest BCUT2D eigenvalue weighted by atomic mass is 9.80. The molecule has 4 rings (SSSR count). The Morgan fingerprint density at radius 2 is 1.93 bits per heavy atom. The zero-order valence-corrected chi connectivity index (χ0v) is 17.9. The summed E-state index contributed by atoms with van der Waals surface area (Å²) in [5.74, 6) is 0.545. The molecule has 1 fully saturated rings. The Hall–Kier alpha value is -2.95. The van der Waals surface area contributed by atoms with Gasteiger partial charge in [0.25, 0.3) is 5.91 Å². The fourth-order valence-corrected chi connectivity index (χ4v) is 4.61. The van der Waals surface area contributed by atoms with Crippen molar-refractivity contribution in [1.82, 2.24) is 19.7 Å². The lowest BCUT2D eigenvalue weighted by Gasteiger charge is -2.37. The Bertz CT molecular complexity index is 967. The molecule has 1 aliphatic rings. The molecular weight excluding hydrogens is 372 g/mol. The van der Waals surface area contributed by atoms with Crippen molar-refractivity contribution >= 4 is 5.91 Å². The van der Waals surface area contributed by atoms with E-state index in [4.69, 9.17) is 0 Å². The first-order valence-corrected chi connectivity index (χ1v) is 11.0. The number of carbonyl (C=O) groups excluding carboxylic acids is 1. The smallest absolute Gasteiger partial charge is 0.272 e. The van der Waals surface area contributed by atoms with Crippen molar-refractivity contribution in [3.05, 3.63) is 83.4 Å². The zero-order valence-electron chi connectivity index (χ0n) is 17.9. The molecule has 0 N–H and O–H groups in total. The van der Waals surface area contributed by atoms with Crippen LogP contribution in [0.4, 0.5) is 0 Å². The van der Waals surface area contributed by atoms with Crippen molar-refractivity contribution in [3.8, 4) is 0 Å². The highest BCUT2D eigenvalue weighted by Gasteiger charge is 2.32. The maximum absolute atomic E-state index is 13.7. The second-order valence-electron chi connectivity index (χ2n) is 8.17. The van der Waals surface area contributed by atoms with Crippen LogP contribution in [-0.2, 0) is 13.1 Å². The third-order valence-corrected chi connectivity index (χ3v) is 6.10. The summed E-state index contributed by atoms with van der Waals surface area (Å²) in [6.07, 6.45) is 6.12. The first kappa shape index (κ1) is 20.3. The van der Waals surface area contributed by atoms with Crippen LogP contribution in [0, 0.1) is 6.92 Å². The highest BCUT2D eigenvalue weighted by atomic mass is 16.2. The number of aromatic nitrogens is 3.